The molecule has 0 amide bonds. The Morgan fingerprint density at radius 1 is 1.11 bits per heavy atom. The van der Waals surface area contributed by atoms with Gasteiger partial charge in [0.15, 0.2) is 0 Å². The molecule has 1 aromatic heterocycles. The number of hydrogen-bond acceptors (Lipinski definition) is 5. The summed E-state index contributed by atoms with van der Waals surface area (Å²) in [4.78, 5) is 0.872. The van der Waals surface area contributed by atoms with Crippen LogP contribution in [0, 0.1) is 18.3 Å². The summed E-state index contributed by atoms with van der Waals surface area (Å²) in [6.07, 6.45) is 0. The minimum absolute atomic E-state index is 0.250. The molecule has 0 spiro atoms. The molecule has 2 heterocycles. The molecule has 0 atom stereocenters. The molecule has 0 radical (unpaired) electrons. The molecule has 1 aliphatic heterocycles. The van der Waals surface area contributed by atoms with Gasteiger partial charge in [-0.3, -0.25) is 4.31 Å². The van der Waals surface area contributed by atoms with Crippen LogP contribution in [0.1, 0.15) is 10.4 Å². The number of hydrogen-bond donors (Lipinski definition) is 0. The largest absolute Gasteiger partial charge is 0.489 e. The molecule has 2 aromatic carbocycles. The first-order valence-electron chi connectivity index (χ1n) is 8.34. The molecule has 0 aliphatic carbocycles. The summed E-state index contributed by atoms with van der Waals surface area (Å²) in [5.74, 6) is 0.538. The maximum Gasteiger partial charge on any atom is 0.264 e. The predicted molar refractivity (Wildman–Crippen MR) is 106 cm³/mol. The van der Waals surface area contributed by atoms with Gasteiger partial charge in [0.25, 0.3) is 10.0 Å². The Labute approximate surface area is 162 Å². The third kappa shape index (κ3) is 3.18. The first-order chi connectivity index (χ1) is 13.0. The Morgan fingerprint density at radius 2 is 1.89 bits per heavy atom. The highest BCUT2D eigenvalue weighted by atomic mass is 32.2. The molecule has 3 aromatic rings. The number of ether oxygens (including phenoxy) is 1. The number of nitrogens with zero attached hydrogens (tertiary/aromatic N) is 2. The van der Waals surface area contributed by atoms with Crippen LogP contribution < -0.4 is 9.04 Å². The van der Waals surface area contributed by atoms with Gasteiger partial charge in [0.1, 0.15) is 23.3 Å². The summed E-state index contributed by atoms with van der Waals surface area (Å²) < 4.78 is 33.4. The lowest BCUT2D eigenvalue weighted by atomic mass is 10.1. The lowest BCUT2D eigenvalue weighted by molar-refractivity contribution is 0.316. The van der Waals surface area contributed by atoms with Crippen molar-refractivity contribution in [1.82, 2.24) is 0 Å². The Kier molecular flexibility index (Phi) is 4.38. The van der Waals surface area contributed by atoms with E-state index in [-0.39, 0.29) is 11.4 Å². The van der Waals surface area contributed by atoms with Crippen LogP contribution in [0.5, 0.6) is 5.75 Å². The average molecular weight is 396 g/mol. The lowest BCUT2D eigenvalue weighted by Crippen LogP contribution is -2.37. The van der Waals surface area contributed by atoms with Gasteiger partial charge in [-0.25, -0.2) is 8.42 Å². The van der Waals surface area contributed by atoms with E-state index in [0.29, 0.717) is 22.9 Å². The number of aryl methyl sites for hydroxylation is 1. The third-order valence-electron chi connectivity index (χ3n) is 4.43. The molecule has 0 fully saturated rings. The van der Waals surface area contributed by atoms with Gasteiger partial charge >= 0.3 is 0 Å². The Morgan fingerprint density at radius 3 is 2.59 bits per heavy atom. The Hall–Kier alpha value is -2.82. The number of sulfonamides is 1. The monoisotopic (exact) mass is 396 g/mol. The number of rotatable bonds is 3. The first-order valence-corrected chi connectivity index (χ1v) is 10.7. The van der Waals surface area contributed by atoms with E-state index in [4.69, 9.17) is 10.00 Å². The summed E-state index contributed by atoms with van der Waals surface area (Å²) in [6.45, 7) is 2.47. The maximum absolute atomic E-state index is 13.2. The van der Waals surface area contributed by atoms with E-state index in [1.54, 1.807) is 36.4 Å². The quantitative estimate of drug-likeness (QED) is 0.666. The van der Waals surface area contributed by atoms with E-state index in [1.165, 1.54) is 15.6 Å². The van der Waals surface area contributed by atoms with Crippen LogP contribution >= 0.6 is 11.3 Å². The first kappa shape index (κ1) is 17.6. The second-order valence-corrected chi connectivity index (χ2v) is 9.01. The van der Waals surface area contributed by atoms with E-state index in [2.05, 4.69) is 6.07 Å². The number of thiophene rings is 1. The minimum Gasteiger partial charge on any atom is -0.489 e. The van der Waals surface area contributed by atoms with Crippen LogP contribution in [0.3, 0.4) is 0 Å². The van der Waals surface area contributed by atoms with Crippen molar-refractivity contribution in [3.05, 3.63) is 64.4 Å². The van der Waals surface area contributed by atoms with E-state index >= 15 is 0 Å². The molecule has 0 bridgehead atoms. The van der Waals surface area contributed by atoms with Crippen LogP contribution in [-0.2, 0) is 10.0 Å². The molecule has 1 aliphatic rings. The summed E-state index contributed by atoms with van der Waals surface area (Å²) in [6, 6.07) is 16.2. The smallest absolute Gasteiger partial charge is 0.264 e. The highest BCUT2D eigenvalue weighted by Crippen LogP contribution is 2.39. The number of anilines is 1. The second kappa shape index (κ2) is 6.72. The SMILES string of the molecule is Cc1ccc(S(=O)(=O)N2CCOc3ccc(-c4csc(C#N)c4)cc32)cc1. The van der Waals surface area contributed by atoms with Gasteiger partial charge in [-0.05, 0) is 53.8 Å². The van der Waals surface area contributed by atoms with Crippen LogP contribution in [0.4, 0.5) is 5.69 Å². The van der Waals surface area contributed by atoms with Crippen LogP contribution in [-0.4, -0.2) is 21.6 Å². The summed E-state index contributed by atoms with van der Waals surface area (Å²) in [7, 11) is -3.69. The minimum atomic E-state index is -3.69. The average Bonchev–Trinajstić information content (AvgIpc) is 3.16. The molecule has 0 saturated carbocycles. The summed E-state index contributed by atoms with van der Waals surface area (Å²) >= 11 is 1.36. The molecular weight excluding hydrogens is 380 g/mol. The fraction of sp³-hybridized carbons (Fsp3) is 0.150. The maximum atomic E-state index is 13.2. The van der Waals surface area contributed by atoms with Gasteiger partial charge < -0.3 is 4.74 Å². The molecule has 0 unspecified atom stereocenters. The van der Waals surface area contributed by atoms with Crippen LogP contribution in [0.15, 0.2) is 58.8 Å². The van der Waals surface area contributed by atoms with Crippen molar-refractivity contribution in [2.45, 2.75) is 11.8 Å². The van der Waals surface area contributed by atoms with Crippen LogP contribution in [0.25, 0.3) is 11.1 Å². The molecule has 27 heavy (non-hydrogen) atoms. The van der Waals surface area contributed by atoms with Crippen molar-refractivity contribution in [2.24, 2.45) is 0 Å². The van der Waals surface area contributed by atoms with Gasteiger partial charge in [0.2, 0.25) is 0 Å². The lowest BCUT2D eigenvalue weighted by Gasteiger charge is -2.31. The van der Waals surface area contributed by atoms with Gasteiger partial charge in [-0.1, -0.05) is 23.8 Å². The van der Waals surface area contributed by atoms with Crippen molar-refractivity contribution in [2.75, 3.05) is 17.5 Å². The van der Waals surface area contributed by atoms with Crippen molar-refractivity contribution in [1.29, 1.82) is 5.26 Å². The zero-order valence-corrected chi connectivity index (χ0v) is 16.2. The molecule has 0 saturated heterocycles. The topological polar surface area (TPSA) is 70.4 Å². The van der Waals surface area contributed by atoms with Crippen molar-refractivity contribution < 1.29 is 13.2 Å². The van der Waals surface area contributed by atoms with Crippen molar-refractivity contribution >= 4 is 27.0 Å². The summed E-state index contributed by atoms with van der Waals surface area (Å²) in [5.41, 5.74) is 3.26. The summed E-state index contributed by atoms with van der Waals surface area (Å²) in [5, 5.41) is 10.9. The van der Waals surface area contributed by atoms with Crippen molar-refractivity contribution in [3.8, 4) is 22.9 Å². The van der Waals surface area contributed by atoms with E-state index in [1.807, 2.05) is 24.4 Å². The number of nitriles is 1. The second-order valence-electron chi connectivity index (χ2n) is 6.23. The fourth-order valence-electron chi connectivity index (χ4n) is 3.01. The highest BCUT2D eigenvalue weighted by Gasteiger charge is 2.30. The van der Waals surface area contributed by atoms with E-state index in [9.17, 15) is 8.42 Å². The Balaban J connectivity index is 1.79. The zero-order valence-electron chi connectivity index (χ0n) is 14.5. The van der Waals surface area contributed by atoms with Gasteiger partial charge in [0.05, 0.1) is 17.1 Å². The molecule has 0 N–H and O–H groups in total. The predicted octanol–water partition coefficient (Wildman–Crippen LogP) is 4.18. The van der Waals surface area contributed by atoms with E-state index < -0.39 is 10.0 Å². The molecular formula is C20H16N2O3S2. The molecule has 4 rings (SSSR count). The van der Waals surface area contributed by atoms with E-state index in [0.717, 1.165) is 16.7 Å². The van der Waals surface area contributed by atoms with Crippen molar-refractivity contribution in [3.63, 3.8) is 0 Å². The molecule has 136 valence electrons. The van der Waals surface area contributed by atoms with Gasteiger partial charge in [-0.15, -0.1) is 11.3 Å². The van der Waals surface area contributed by atoms with Gasteiger partial charge in [-0.2, -0.15) is 5.26 Å². The van der Waals surface area contributed by atoms with Gasteiger partial charge in [0, 0.05) is 0 Å². The number of fused-ring (bicyclic) bond motifs is 1. The standard InChI is InChI=1S/C20H16N2O3S2/c1-14-2-5-18(6-3-14)27(23,24)22-8-9-25-20-7-4-15(11-19(20)22)16-10-17(12-21)26-13-16/h2-7,10-11,13H,8-9H2,1H3. The highest BCUT2D eigenvalue weighted by molar-refractivity contribution is 7.92. The Bertz CT molecular complexity index is 1140. The zero-order chi connectivity index (χ0) is 19.0. The van der Waals surface area contributed by atoms with Crippen LogP contribution in [0.2, 0.25) is 0 Å². The molecule has 7 heteroatoms. The number of benzene rings is 2. The molecule has 5 nitrogen and oxygen atoms in total. The normalized spacial score (nSPS) is 13.6. The third-order valence-corrected chi connectivity index (χ3v) is 7.09. The fourth-order valence-corrected chi connectivity index (χ4v) is 5.16.